The van der Waals surface area contributed by atoms with Gasteiger partial charge in [0.25, 0.3) is 0 Å². The maximum atomic E-state index is 6.52. The predicted octanol–water partition coefficient (Wildman–Crippen LogP) is 4.36. The minimum atomic E-state index is 0.310. The van der Waals surface area contributed by atoms with E-state index in [4.69, 9.17) is 5.73 Å². The summed E-state index contributed by atoms with van der Waals surface area (Å²) in [5.41, 5.74) is 8.11. The van der Waals surface area contributed by atoms with Crippen LogP contribution < -0.4 is 5.73 Å². The van der Waals surface area contributed by atoms with Gasteiger partial charge < -0.3 is 5.73 Å². The summed E-state index contributed by atoms with van der Waals surface area (Å²) >= 11 is 4.08. The van der Waals surface area contributed by atoms with E-state index in [-0.39, 0.29) is 0 Å². The van der Waals surface area contributed by atoms with Crippen LogP contribution in [0.15, 0.2) is 6.07 Å². The number of aryl methyl sites for hydroxylation is 1. The molecular weight excluding hydrogens is 270 g/mol. The van der Waals surface area contributed by atoms with Crippen molar-refractivity contribution >= 4 is 23.1 Å². The van der Waals surface area contributed by atoms with Crippen LogP contribution in [0.5, 0.6) is 0 Å². The first-order valence-corrected chi connectivity index (χ1v) is 9.71. The molecule has 1 aromatic heterocycles. The van der Waals surface area contributed by atoms with Gasteiger partial charge in [-0.2, -0.15) is 11.8 Å². The summed E-state index contributed by atoms with van der Waals surface area (Å²) in [5.74, 6) is 5.51. The van der Waals surface area contributed by atoms with Crippen molar-refractivity contribution in [1.82, 2.24) is 0 Å². The molecule has 104 valence electrons. The second kappa shape index (κ2) is 5.09. The lowest BCUT2D eigenvalue weighted by Gasteiger charge is -2.24. The molecule has 1 aromatic rings. The van der Waals surface area contributed by atoms with Gasteiger partial charge in [-0.25, -0.2) is 0 Å². The van der Waals surface area contributed by atoms with Gasteiger partial charge in [0.2, 0.25) is 0 Å². The highest BCUT2D eigenvalue weighted by Gasteiger charge is 2.40. The average Bonchev–Trinajstić information content (AvgIpc) is 3.12. The molecule has 2 heterocycles. The van der Waals surface area contributed by atoms with Crippen molar-refractivity contribution in [2.75, 3.05) is 5.75 Å². The highest BCUT2D eigenvalue weighted by atomic mass is 32.2. The third-order valence-corrected chi connectivity index (χ3v) is 7.83. The number of rotatable bonds is 3. The van der Waals surface area contributed by atoms with Crippen LogP contribution in [0.2, 0.25) is 0 Å². The van der Waals surface area contributed by atoms with E-state index in [0.717, 1.165) is 17.8 Å². The van der Waals surface area contributed by atoms with Crippen LogP contribution in [-0.2, 0) is 12.2 Å². The molecule has 0 aromatic carbocycles. The lowest BCUT2D eigenvalue weighted by atomic mass is 9.84. The van der Waals surface area contributed by atoms with Crippen LogP contribution in [0.4, 0.5) is 0 Å². The zero-order valence-electron chi connectivity index (χ0n) is 11.4. The Kier molecular flexibility index (Phi) is 3.41. The Balaban J connectivity index is 1.45. The third-order valence-electron chi connectivity index (χ3n) is 5.45. The van der Waals surface area contributed by atoms with Crippen LogP contribution >= 0.6 is 23.1 Å². The summed E-state index contributed by atoms with van der Waals surface area (Å²) in [7, 11) is 0. The van der Waals surface area contributed by atoms with Crippen molar-refractivity contribution in [3.8, 4) is 0 Å². The quantitative estimate of drug-likeness (QED) is 0.896. The number of hydrogen-bond donors (Lipinski definition) is 1. The van der Waals surface area contributed by atoms with E-state index in [2.05, 4.69) is 17.8 Å². The van der Waals surface area contributed by atoms with Gasteiger partial charge in [-0.15, -0.1) is 11.3 Å². The zero-order valence-corrected chi connectivity index (χ0v) is 13.1. The molecule has 4 rings (SSSR count). The van der Waals surface area contributed by atoms with Crippen LogP contribution in [0, 0.1) is 17.8 Å². The molecular formula is C16H23NS2. The van der Waals surface area contributed by atoms with E-state index in [9.17, 15) is 0 Å². The Morgan fingerprint density at radius 3 is 3.00 bits per heavy atom. The molecule has 4 unspecified atom stereocenters. The van der Waals surface area contributed by atoms with E-state index in [1.165, 1.54) is 54.9 Å². The topological polar surface area (TPSA) is 26.0 Å². The molecule has 0 saturated heterocycles. The highest BCUT2D eigenvalue weighted by Crippen LogP contribution is 2.51. The maximum Gasteiger partial charge on any atom is 0.0392 e. The SMILES string of the molecule is NC(CC1CC2CCC1C2)c1cc2c(s1)CCSC2. The van der Waals surface area contributed by atoms with Crippen LogP contribution in [0.1, 0.15) is 53.5 Å². The van der Waals surface area contributed by atoms with Gasteiger partial charge in [0.05, 0.1) is 0 Å². The third kappa shape index (κ3) is 2.38. The molecule has 2 aliphatic carbocycles. The molecule has 19 heavy (non-hydrogen) atoms. The molecule has 3 heteroatoms. The monoisotopic (exact) mass is 293 g/mol. The van der Waals surface area contributed by atoms with Crippen molar-refractivity contribution in [3.63, 3.8) is 0 Å². The molecule has 2 bridgehead atoms. The van der Waals surface area contributed by atoms with Crippen LogP contribution in [0.3, 0.4) is 0 Å². The fraction of sp³-hybridized carbons (Fsp3) is 0.750. The van der Waals surface area contributed by atoms with Gasteiger partial charge in [-0.05, 0) is 67.2 Å². The zero-order chi connectivity index (χ0) is 12.8. The average molecular weight is 294 g/mol. The van der Waals surface area contributed by atoms with Gasteiger partial charge >= 0.3 is 0 Å². The number of fused-ring (bicyclic) bond motifs is 3. The van der Waals surface area contributed by atoms with E-state index >= 15 is 0 Å². The van der Waals surface area contributed by atoms with Crippen LogP contribution in [0.25, 0.3) is 0 Å². The van der Waals surface area contributed by atoms with Crippen molar-refractivity contribution in [3.05, 3.63) is 21.4 Å². The summed E-state index contributed by atoms with van der Waals surface area (Å²) in [5, 5.41) is 0. The Morgan fingerprint density at radius 2 is 2.26 bits per heavy atom. The summed E-state index contributed by atoms with van der Waals surface area (Å²) < 4.78 is 0. The molecule has 3 aliphatic rings. The molecule has 4 atom stereocenters. The minimum Gasteiger partial charge on any atom is -0.323 e. The maximum absolute atomic E-state index is 6.52. The largest absolute Gasteiger partial charge is 0.323 e. The van der Waals surface area contributed by atoms with E-state index in [1.54, 1.807) is 10.4 Å². The second-order valence-electron chi connectivity index (χ2n) is 6.68. The van der Waals surface area contributed by atoms with Gasteiger partial charge in [0.1, 0.15) is 0 Å². The Hall–Kier alpha value is 0.01000. The first-order chi connectivity index (χ1) is 9.29. The second-order valence-corrected chi connectivity index (χ2v) is 8.95. The number of hydrogen-bond acceptors (Lipinski definition) is 3. The van der Waals surface area contributed by atoms with Crippen molar-refractivity contribution in [1.29, 1.82) is 0 Å². The first-order valence-electron chi connectivity index (χ1n) is 7.74. The lowest BCUT2D eigenvalue weighted by molar-refractivity contribution is 0.297. The highest BCUT2D eigenvalue weighted by molar-refractivity contribution is 7.98. The van der Waals surface area contributed by atoms with E-state index in [0.29, 0.717) is 6.04 Å². The lowest BCUT2D eigenvalue weighted by Crippen LogP contribution is -2.18. The smallest absolute Gasteiger partial charge is 0.0392 e. The molecule has 2 N–H and O–H groups in total. The van der Waals surface area contributed by atoms with E-state index < -0.39 is 0 Å². The first kappa shape index (κ1) is 12.7. The summed E-state index contributed by atoms with van der Waals surface area (Å²) in [6.07, 6.45) is 8.48. The summed E-state index contributed by atoms with van der Waals surface area (Å²) in [4.78, 5) is 3.09. The fourth-order valence-corrected chi connectivity index (χ4v) is 6.85. The van der Waals surface area contributed by atoms with E-state index in [1.807, 2.05) is 11.3 Å². The number of nitrogens with two attached hydrogens (primary N) is 1. The molecule has 2 fully saturated rings. The summed E-state index contributed by atoms with van der Waals surface area (Å²) in [6, 6.07) is 2.73. The molecule has 1 aliphatic heterocycles. The van der Waals surface area contributed by atoms with Crippen molar-refractivity contribution < 1.29 is 0 Å². The van der Waals surface area contributed by atoms with Gasteiger partial charge in [0.15, 0.2) is 0 Å². The van der Waals surface area contributed by atoms with Crippen molar-refractivity contribution in [2.45, 2.75) is 50.3 Å². The molecule has 0 amide bonds. The summed E-state index contributed by atoms with van der Waals surface area (Å²) in [6.45, 7) is 0. The Morgan fingerprint density at radius 1 is 1.32 bits per heavy atom. The number of thiophene rings is 1. The molecule has 1 nitrogen and oxygen atoms in total. The molecule has 0 spiro atoms. The fourth-order valence-electron chi connectivity index (χ4n) is 4.46. The van der Waals surface area contributed by atoms with Crippen LogP contribution in [-0.4, -0.2) is 5.75 Å². The standard InChI is InChI=1S/C16H23NS2/c17-14(7-12-6-10-1-2-11(12)5-10)16-8-13-9-18-4-3-15(13)19-16/h8,10-12,14H,1-7,9,17H2. The van der Waals surface area contributed by atoms with Gasteiger partial charge in [-0.3, -0.25) is 0 Å². The molecule has 0 radical (unpaired) electrons. The predicted molar refractivity (Wildman–Crippen MR) is 84.7 cm³/mol. The Bertz CT molecular complexity index is 444. The number of thioether (sulfide) groups is 1. The van der Waals surface area contributed by atoms with Gasteiger partial charge in [-0.1, -0.05) is 6.42 Å². The Labute approximate surface area is 124 Å². The van der Waals surface area contributed by atoms with Crippen molar-refractivity contribution in [2.24, 2.45) is 23.5 Å². The van der Waals surface area contributed by atoms with Gasteiger partial charge in [0, 0.05) is 21.5 Å². The minimum absolute atomic E-state index is 0.310. The normalized spacial score (nSPS) is 34.5. The molecule has 2 saturated carbocycles.